The van der Waals surface area contributed by atoms with Crippen LogP contribution in [0.25, 0.3) is 0 Å². The monoisotopic (exact) mass is 253 g/mol. The molecule has 2 nitrogen and oxygen atoms in total. The Hall–Kier alpha value is -0.0800. The highest BCUT2D eigenvalue weighted by molar-refractivity contribution is 4.96. The smallest absolute Gasteiger partial charge is 0.0809 e. The largest absolute Gasteiger partial charge is 0.374 e. The fraction of sp³-hybridized carbons (Fsp3) is 1.00. The summed E-state index contributed by atoms with van der Waals surface area (Å²) in [6, 6.07) is 0.561. The molecule has 0 bridgehead atoms. The molecule has 0 spiro atoms. The van der Waals surface area contributed by atoms with Gasteiger partial charge in [0, 0.05) is 12.6 Å². The van der Waals surface area contributed by atoms with Gasteiger partial charge in [0.25, 0.3) is 0 Å². The predicted octanol–water partition coefficient (Wildman–Crippen LogP) is 3.75. The molecule has 0 radical (unpaired) electrons. The summed E-state index contributed by atoms with van der Waals surface area (Å²) in [7, 11) is 0. The zero-order valence-corrected chi connectivity index (χ0v) is 12.5. The molecule has 1 heterocycles. The maximum absolute atomic E-state index is 6.21. The summed E-state index contributed by atoms with van der Waals surface area (Å²) >= 11 is 0. The summed E-state index contributed by atoms with van der Waals surface area (Å²) in [6.07, 6.45) is 9.42. The number of nitrogens with one attached hydrogen (secondary N) is 1. The zero-order chi connectivity index (χ0) is 13.0. The molecule has 1 saturated heterocycles. The molecule has 2 rings (SSSR count). The van der Waals surface area contributed by atoms with E-state index in [1.54, 1.807) is 0 Å². The summed E-state index contributed by atoms with van der Waals surface area (Å²) in [4.78, 5) is 0. The van der Waals surface area contributed by atoms with E-state index in [-0.39, 0.29) is 5.60 Å². The lowest BCUT2D eigenvalue weighted by atomic mass is 9.72. The van der Waals surface area contributed by atoms with Crippen LogP contribution in [-0.4, -0.2) is 24.8 Å². The van der Waals surface area contributed by atoms with Gasteiger partial charge < -0.3 is 10.1 Å². The van der Waals surface area contributed by atoms with Crippen molar-refractivity contribution in [3.05, 3.63) is 0 Å². The highest BCUT2D eigenvalue weighted by Gasteiger charge is 2.41. The molecular weight excluding hydrogens is 222 g/mol. The second-order valence-corrected chi connectivity index (χ2v) is 6.69. The Morgan fingerprint density at radius 3 is 2.72 bits per heavy atom. The molecule has 2 aliphatic rings. The Morgan fingerprint density at radius 1 is 1.28 bits per heavy atom. The van der Waals surface area contributed by atoms with Crippen molar-refractivity contribution in [2.75, 3.05) is 13.2 Å². The Bertz CT molecular complexity index is 247. The molecule has 106 valence electrons. The van der Waals surface area contributed by atoms with Gasteiger partial charge in [-0.2, -0.15) is 0 Å². The van der Waals surface area contributed by atoms with Gasteiger partial charge in [0.15, 0.2) is 0 Å². The van der Waals surface area contributed by atoms with Crippen molar-refractivity contribution in [2.45, 2.75) is 77.4 Å². The van der Waals surface area contributed by atoms with Crippen LogP contribution in [-0.2, 0) is 4.74 Å². The van der Waals surface area contributed by atoms with Crippen molar-refractivity contribution in [3.8, 4) is 0 Å². The van der Waals surface area contributed by atoms with E-state index in [0.29, 0.717) is 6.04 Å². The summed E-state index contributed by atoms with van der Waals surface area (Å²) in [5, 5.41) is 3.76. The van der Waals surface area contributed by atoms with Gasteiger partial charge in [0.1, 0.15) is 0 Å². The van der Waals surface area contributed by atoms with Crippen molar-refractivity contribution in [3.63, 3.8) is 0 Å². The number of rotatable bonds is 4. The van der Waals surface area contributed by atoms with E-state index in [1.807, 2.05) is 0 Å². The molecule has 0 aromatic carbocycles. The number of hydrogen-bond acceptors (Lipinski definition) is 2. The molecule has 0 aromatic rings. The van der Waals surface area contributed by atoms with E-state index in [1.165, 1.54) is 44.9 Å². The average Bonchev–Trinajstić information content (AvgIpc) is 2.36. The van der Waals surface area contributed by atoms with Crippen molar-refractivity contribution < 1.29 is 4.74 Å². The number of ether oxygens (including phenoxy) is 1. The third kappa shape index (κ3) is 3.27. The standard InChI is InChI=1S/C16H31NO/c1-4-17-15(14-9-7-8-13(2)12-14)16(3)10-5-6-11-18-16/h13-15,17H,4-12H2,1-3H3. The maximum atomic E-state index is 6.21. The topological polar surface area (TPSA) is 21.3 Å². The van der Waals surface area contributed by atoms with E-state index >= 15 is 0 Å². The lowest BCUT2D eigenvalue weighted by molar-refractivity contribution is -0.104. The van der Waals surface area contributed by atoms with Crippen LogP contribution in [0.4, 0.5) is 0 Å². The predicted molar refractivity (Wildman–Crippen MR) is 76.8 cm³/mol. The van der Waals surface area contributed by atoms with E-state index in [0.717, 1.165) is 25.0 Å². The third-order valence-corrected chi connectivity index (χ3v) is 5.03. The second-order valence-electron chi connectivity index (χ2n) is 6.69. The quantitative estimate of drug-likeness (QED) is 0.824. The van der Waals surface area contributed by atoms with Gasteiger partial charge in [-0.15, -0.1) is 0 Å². The van der Waals surface area contributed by atoms with Crippen LogP contribution in [0.3, 0.4) is 0 Å². The van der Waals surface area contributed by atoms with Gasteiger partial charge in [-0.05, 0) is 57.4 Å². The Labute approximate surface area is 113 Å². The first-order chi connectivity index (χ1) is 8.65. The molecular formula is C16H31NO. The first-order valence-corrected chi connectivity index (χ1v) is 8.03. The fourth-order valence-corrected chi connectivity index (χ4v) is 4.09. The first-order valence-electron chi connectivity index (χ1n) is 8.03. The van der Waals surface area contributed by atoms with Crippen molar-refractivity contribution in [1.29, 1.82) is 0 Å². The van der Waals surface area contributed by atoms with E-state index < -0.39 is 0 Å². The minimum absolute atomic E-state index is 0.0794. The van der Waals surface area contributed by atoms with Crippen LogP contribution >= 0.6 is 0 Å². The molecule has 2 heteroatoms. The van der Waals surface area contributed by atoms with E-state index in [9.17, 15) is 0 Å². The van der Waals surface area contributed by atoms with Crippen LogP contribution in [0.15, 0.2) is 0 Å². The SMILES string of the molecule is CCNC(C1CCCC(C)C1)C1(C)CCCCO1. The molecule has 1 N–H and O–H groups in total. The molecule has 18 heavy (non-hydrogen) atoms. The highest BCUT2D eigenvalue weighted by atomic mass is 16.5. The van der Waals surface area contributed by atoms with Crippen LogP contribution in [0.2, 0.25) is 0 Å². The molecule has 1 saturated carbocycles. The zero-order valence-electron chi connectivity index (χ0n) is 12.5. The lowest BCUT2D eigenvalue weighted by Crippen LogP contribution is -2.56. The fourth-order valence-electron chi connectivity index (χ4n) is 4.09. The summed E-state index contributed by atoms with van der Waals surface area (Å²) < 4.78 is 6.21. The van der Waals surface area contributed by atoms with Crippen molar-refractivity contribution in [1.82, 2.24) is 5.32 Å². The molecule has 1 aliphatic heterocycles. The van der Waals surface area contributed by atoms with Gasteiger partial charge in [-0.25, -0.2) is 0 Å². The van der Waals surface area contributed by atoms with Gasteiger partial charge >= 0.3 is 0 Å². The summed E-state index contributed by atoms with van der Waals surface area (Å²) in [5.41, 5.74) is 0.0794. The molecule has 1 aliphatic carbocycles. The normalized spacial score (nSPS) is 39.5. The van der Waals surface area contributed by atoms with Crippen LogP contribution in [0.5, 0.6) is 0 Å². The van der Waals surface area contributed by atoms with Crippen molar-refractivity contribution in [2.24, 2.45) is 11.8 Å². The molecule has 2 fully saturated rings. The van der Waals surface area contributed by atoms with Gasteiger partial charge in [0.2, 0.25) is 0 Å². The van der Waals surface area contributed by atoms with E-state index in [4.69, 9.17) is 4.74 Å². The highest BCUT2D eigenvalue weighted by Crippen LogP contribution is 2.38. The molecule has 4 atom stereocenters. The summed E-state index contributed by atoms with van der Waals surface area (Å²) in [6.45, 7) is 9.01. The molecule has 4 unspecified atom stereocenters. The van der Waals surface area contributed by atoms with Crippen LogP contribution in [0, 0.1) is 11.8 Å². The number of hydrogen-bond donors (Lipinski definition) is 1. The van der Waals surface area contributed by atoms with Gasteiger partial charge in [-0.3, -0.25) is 0 Å². The minimum Gasteiger partial charge on any atom is -0.374 e. The maximum Gasteiger partial charge on any atom is 0.0809 e. The summed E-state index contributed by atoms with van der Waals surface area (Å²) in [5.74, 6) is 1.72. The van der Waals surface area contributed by atoms with Crippen LogP contribution < -0.4 is 5.32 Å². The lowest BCUT2D eigenvalue weighted by Gasteiger charge is -2.46. The van der Waals surface area contributed by atoms with Gasteiger partial charge in [0.05, 0.1) is 5.60 Å². The average molecular weight is 253 g/mol. The Balaban J connectivity index is 2.05. The van der Waals surface area contributed by atoms with Gasteiger partial charge in [-0.1, -0.05) is 26.7 Å². The molecule has 0 aromatic heterocycles. The second kappa shape index (κ2) is 6.38. The Morgan fingerprint density at radius 2 is 2.11 bits per heavy atom. The van der Waals surface area contributed by atoms with Crippen molar-refractivity contribution >= 4 is 0 Å². The van der Waals surface area contributed by atoms with E-state index in [2.05, 4.69) is 26.1 Å². The molecule has 0 amide bonds. The number of likely N-dealkylation sites (N-methyl/N-ethyl adjacent to an activating group) is 1. The first kappa shape index (κ1) is 14.3. The minimum atomic E-state index is 0.0794. The third-order valence-electron chi connectivity index (χ3n) is 5.03. The Kier molecular flexibility index (Phi) is 5.08. The van der Waals surface area contributed by atoms with Crippen LogP contribution in [0.1, 0.15) is 65.7 Å².